The molecule has 18 heavy (non-hydrogen) atoms. The summed E-state index contributed by atoms with van der Waals surface area (Å²) in [6, 6.07) is 5.84. The topological polar surface area (TPSA) is 18.5 Å². The summed E-state index contributed by atoms with van der Waals surface area (Å²) in [5, 5.41) is 0.668. The summed E-state index contributed by atoms with van der Waals surface area (Å²) in [7, 11) is 0. The van der Waals surface area contributed by atoms with Crippen molar-refractivity contribution in [3.63, 3.8) is 0 Å². The molecule has 1 heterocycles. The Morgan fingerprint density at radius 2 is 2.11 bits per heavy atom. The van der Waals surface area contributed by atoms with Crippen molar-refractivity contribution in [2.75, 3.05) is 25.6 Å². The molecule has 2 rings (SSSR count). The van der Waals surface area contributed by atoms with Crippen LogP contribution in [0.15, 0.2) is 18.2 Å². The Kier molecular flexibility index (Phi) is 4.82. The van der Waals surface area contributed by atoms with Gasteiger partial charge in [0.25, 0.3) is 0 Å². The van der Waals surface area contributed by atoms with Gasteiger partial charge in [0, 0.05) is 18.6 Å². The van der Waals surface area contributed by atoms with Crippen molar-refractivity contribution in [2.24, 2.45) is 5.41 Å². The Labute approximate surface area is 119 Å². The van der Waals surface area contributed by atoms with Gasteiger partial charge in [-0.15, -0.1) is 0 Å². The van der Waals surface area contributed by atoms with Gasteiger partial charge in [-0.1, -0.05) is 17.7 Å². The second-order valence-electron chi connectivity index (χ2n) is 4.99. The Balaban J connectivity index is 2.03. The van der Waals surface area contributed by atoms with Gasteiger partial charge in [-0.3, -0.25) is 0 Å². The Bertz CT molecular complexity index is 403. The smallest absolute Gasteiger partial charge is 0.138 e. The maximum absolute atomic E-state index is 6.13. The summed E-state index contributed by atoms with van der Waals surface area (Å²) in [6.07, 6.45) is 2.00. The van der Waals surface area contributed by atoms with Crippen LogP contribution in [-0.4, -0.2) is 25.6 Å². The molecule has 1 aliphatic heterocycles. The van der Waals surface area contributed by atoms with Crippen molar-refractivity contribution in [1.82, 2.24) is 0 Å². The number of halogens is 1. The molecule has 1 aromatic carbocycles. The van der Waals surface area contributed by atoms with Crippen LogP contribution in [0.5, 0.6) is 5.75 Å². The third-order valence-electron chi connectivity index (χ3n) is 3.51. The van der Waals surface area contributed by atoms with E-state index >= 15 is 0 Å². The molecule has 0 N–H and O–H groups in total. The van der Waals surface area contributed by atoms with Gasteiger partial charge >= 0.3 is 0 Å². The number of ether oxygens (including phenoxy) is 2. The van der Waals surface area contributed by atoms with Gasteiger partial charge in [-0.2, -0.15) is 12.6 Å². The van der Waals surface area contributed by atoms with E-state index in [9.17, 15) is 0 Å². The molecule has 0 aliphatic carbocycles. The molecule has 4 heteroatoms. The van der Waals surface area contributed by atoms with Gasteiger partial charge in [-0.05, 0) is 43.2 Å². The second kappa shape index (κ2) is 6.18. The van der Waals surface area contributed by atoms with Crippen LogP contribution in [0.3, 0.4) is 0 Å². The van der Waals surface area contributed by atoms with Gasteiger partial charge in [0.05, 0.1) is 11.6 Å². The van der Waals surface area contributed by atoms with Crippen molar-refractivity contribution in [3.05, 3.63) is 28.8 Å². The highest BCUT2D eigenvalue weighted by Gasteiger charge is 2.32. The fraction of sp³-hybridized carbons (Fsp3) is 0.571. The molecule has 2 nitrogen and oxygen atoms in total. The molecule has 1 fully saturated rings. The van der Waals surface area contributed by atoms with E-state index in [1.54, 1.807) is 0 Å². The lowest BCUT2D eigenvalue weighted by molar-refractivity contribution is 0.00312. The first-order valence-electron chi connectivity index (χ1n) is 6.23. The minimum absolute atomic E-state index is 0.119. The predicted molar refractivity (Wildman–Crippen MR) is 78.0 cm³/mol. The molecule has 0 radical (unpaired) electrons. The number of thiol groups is 1. The number of rotatable bonds is 4. The zero-order valence-electron chi connectivity index (χ0n) is 10.6. The van der Waals surface area contributed by atoms with E-state index in [0.717, 1.165) is 43.1 Å². The van der Waals surface area contributed by atoms with Crippen LogP contribution >= 0.6 is 24.2 Å². The van der Waals surface area contributed by atoms with Gasteiger partial charge in [0.2, 0.25) is 0 Å². The summed E-state index contributed by atoms with van der Waals surface area (Å²) >= 11 is 10.6. The van der Waals surface area contributed by atoms with Crippen LogP contribution in [-0.2, 0) is 4.74 Å². The third kappa shape index (κ3) is 3.34. The molecule has 0 saturated carbocycles. The first-order chi connectivity index (χ1) is 8.65. The van der Waals surface area contributed by atoms with Gasteiger partial charge in [0.1, 0.15) is 5.75 Å². The van der Waals surface area contributed by atoms with Crippen LogP contribution in [0.2, 0.25) is 5.02 Å². The Hall–Kier alpha value is -0.380. The molecule has 1 aliphatic rings. The van der Waals surface area contributed by atoms with Crippen molar-refractivity contribution in [3.8, 4) is 5.75 Å². The normalized spacial score (nSPS) is 18.6. The molecule has 0 amide bonds. The lowest BCUT2D eigenvalue weighted by Crippen LogP contribution is -2.36. The molecule has 100 valence electrons. The Morgan fingerprint density at radius 1 is 1.39 bits per heavy atom. The van der Waals surface area contributed by atoms with Crippen molar-refractivity contribution >= 4 is 24.2 Å². The first-order valence-corrected chi connectivity index (χ1v) is 7.24. The zero-order valence-corrected chi connectivity index (χ0v) is 12.3. The van der Waals surface area contributed by atoms with Crippen LogP contribution in [0.25, 0.3) is 0 Å². The molecule has 0 atom stereocenters. The zero-order chi connectivity index (χ0) is 13.0. The van der Waals surface area contributed by atoms with Gasteiger partial charge < -0.3 is 9.47 Å². The molecule has 1 saturated heterocycles. The second-order valence-corrected chi connectivity index (χ2v) is 5.72. The summed E-state index contributed by atoms with van der Waals surface area (Å²) in [6.45, 7) is 4.28. The summed E-state index contributed by atoms with van der Waals surface area (Å²) in [4.78, 5) is 0. The van der Waals surface area contributed by atoms with Gasteiger partial charge in [0.15, 0.2) is 0 Å². The van der Waals surface area contributed by atoms with Crippen LogP contribution in [0.1, 0.15) is 18.4 Å². The quantitative estimate of drug-likeness (QED) is 0.850. The highest BCUT2D eigenvalue weighted by atomic mass is 35.5. The Morgan fingerprint density at radius 3 is 2.78 bits per heavy atom. The minimum Gasteiger partial charge on any atom is -0.491 e. The van der Waals surface area contributed by atoms with E-state index in [0.29, 0.717) is 11.6 Å². The third-order valence-corrected chi connectivity index (χ3v) is 4.49. The standard InChI is InChI=1S/C14H19ClO2S/c1-11-2-3-12(15)13(8-11)17-9-14(10-18)4-6-16-7-5-14/h2-3,8,18H,4-7,9-10H2,1H3. The molecule has 1 aromatic rings. The van der Waals surface area contributed by atoms with Gasteiger partial charge in [-0.25, -0.2) is 0 Å². The molecule has 0 spiro atoms. The summed E-state index contributed by atoms with van der Waals surface area (Å²) in [5.74, 6) is 1.59. The van der Waals surface area contributed by atoms with E-state index in [1.807, 2.05) is 25.1 Å². The van der Waals surface area contributed by atoms with E-state index in [1.165, 1.54) is 0 Å². The van der Waals surface area contributed by atoms with Crippen LogP contribution in [0, 0.1) is 12.3 Å². The average molecular weight is 287 g/mol. The maximum atomic E-state index is 6.13. The van der Waals surface area contributed by atoms with Crippen molar-refractivity contribution in [2.45, 2.75) is 19.8 Å². The highest BCUT2D eigenvalue weighted by molar-refractivity contribution is 7.80. The van der Waals surface area contributed by atoms with E-state index in [4.69, 9.17) is 21.1 Å². The fourth-order valence-corrected chi connectivity index (χ4v) is 2.68. The molecule has 0 unspecified atom stereocenters. The number of hydrogen-bond acceptors (Lipinski definition) is 3. The minimum atomic E-state index is 0.119. The fourth-order valence-electron chi connectivity index (χ4n) is 2.10. The molecular formula is C14H19ClO2S. The summed E-state index contributed by atoms with van der Waals surface area (Å²) in [5.41, 5.74) is 1.27. The molecule has 0 aromatic heterocycles. The van der Waals surface area contributed by atoms with E-state index < -0.39 is 0 Å². The van der Waals surface area contributed by atoms with Crippen LogP contribution in [0.4, 0.5) is 0 Å². The molecule has 0 bridgehead atoms. The SMILES string of the molecule is Cc1ccc(Cl)c(OCC2(CS)CCOCC2)c1. The first kappa shape index (κ1) is 14.0. The van der Waals surface area contributed by atoms with Crippen molar-refractivity contribution < 1.29 is 9.47 Å². The summed E-state index contributed by atoms with van der Waals surface area (Å²) < 4.78 is 11.3. The van der Waals surface area contributed by atoms with E-state index in [-0.39, 0.29) is 5.41 Å². The lowest BCUT2D eigenvalue weighted by Gasteiger charge is -2.35. The largest absolute Gasteiger partial charge is 0.491 e. The number of hydrogen-bond donors (Lipinski definition) is 1. The molecular weight excluding hydrogens is 268 g/mol. The van der Waals surface area contributed by atoms with Crippen molar-refractivity contribution in [1.29, 1.82) is 0 Å². The number of benzene rings is 1. The van der Waals surface area contributed by atoms with Crippen LogP contribution < -0.4 is 4.74 Å². The monoisotopic (exact) mass is 286 g/mol. The highest BCUT2D eigenvalue weighted by Crippen LogP contribution is 2.34. The predicted octanol–water partition coefficient (Wildman–Crippen LogP) is 3.75. The lowest BCUT2D eigenvalue weighted by atomic mass is 9.83. The maximum Gasteiger partial charge on any atom is 0.138 e. The number of aryl methyl sites for hydroxylation is 1. The van der Waals surface area contributed by atoms with E-state index in [2.05, 4.69) is 12.6 Å². The average Bonchev–Trinajstić information content (AvgIpc) is 2.41.